The van der Waals surface area contributed by atoms with Crippen LogP contribution < -0.4 is 0 Å². The number of carbonyl (C=O) groups is 1. The fourth-order valence-electron chi connectivity index (χ4n) is 13.3. The molecule has 2 spiro atoms. The molecule has 49 heavy (non-hydrogen) atoms. The highest BCUT2D eigenvalue weighted by Crippen LogP contribution is 2.87. The Hall–Kier alpha value is -1.65. The third-order valence-corrected chi connectivity index (χ3v) is 15.6. The van der Waals surface area contributed by atoms with Gasteiger partial charge in [0, 0.05) is 12.6 Å². The fraction of sp³-hybridized carbons (Fsp3) is 0.825. The van der Waals surface area contributed by atoms with Gasteiger partial charge in [-0.15, -0.1) is 0 Å². The molecule has 272 valence electrons. The Bertz CT molecular complexity index is 1440. The summed E-state index contributed by atoms with van der Waals surface area (Å²) in [5.41, 5.74) is 0.182. The lowest BCUT2D eigenvalue weighted by Crippen LogP contribution is -2.56. The van der Waals surface area contributed by atoms with Gasteiger partial charge in [0.05, 0.1) is 43.5 Å². The van der Waals surface area contributed by atoms with Gasteiger partial charge >= 0.3 is 0 Å². The Balaban J connectivity index is 0.928. The predicted molar refractivity (Wildman–Crippen MR) is 179 cm³/mol. The molecule has 7 aliphatic rings. The van der Waals surface area contributed by atoms with Crippen molar-refractivity contribution in [3.05, 3.63) is 35.4 Å². The second kappa shape index (κ2) is 11.7. The van der Waals surface area contributed by atoms with Crippen molar-refractivity contribution >= 4 is 5.91 Å². The monoisotopic (exact) mass is 685 g/mol. The molecule has 1 aromatic rings. The van der Waals surface area contributed by atoms with E-state index in [0.29, 0.717) is 53.8 Å². The van der Waals surface area contributed by atoms with Gasteiger partial charge in [-0.2, -0.15) is 0 Å². The largest absolute Gasteiger partial charge is 0.388 e. The van der Waals surface area contributed by atoms with Gasteiger partial charge in [0.15, 0.2) is 6.29 Å². The molecule has 0 radical (unpaired) electrons. The zero-order valence-corrected chi connectivity index (χ0v) is 30.1. The van der Waals surface area contributed by atoms with Crippen molar-refractivity contribution in [1.82, 2.24) is 4.90 Å². The second-order valence-electron chi connectivity index (χ2n) is 18.6. The van der Waals surface area contributed by atoms with Crippen LogP contribution in [0.3, 0.4) is 0 Å². The highest BCUT2D eigenvalue weighted by molar-refractivity contribution is 5.78. The Morgan fingerprint density at radius 1 is 1.00 bits per heavy atom. The smallest absolute Gasteiger partial charge is 0.227 e. The van der Waals surface area contributed by atoms with Crippen LogP contribution in [-0.2, 0) is 25.4 Å². The zero-order chi connectivity index (χ0) is 34.7. The van der Waals surface area contributed by atoms with Crippen molar-refractivity contribution in [2.24, 2.45) is 45.3 Å². The summed E-state index contributed by atoms with van der Waals surface area (Å²) in [4.78, 5) is 14.8. The molecule has 1 amide bonds. The minimum Gasteiger partial charge on any atom is -0.388 e. The number of amides is 1. The van der Waals surface area contributed by atoms with Gasteiger partial charge in [0.2, 0.25) is 5.91 Å². The van der Waals surface area contributed by atoms with Crippen LogP contribution in [-0.4, -0.2) is 77.0 Å². The Morgan fingerprint density at radius 2 is 1.73 bits per heavy atom. The SMILES string of the molecule is CC1(C)C(OC2CN(C(=O)Cc3cc(F)cc(F)c3)CCO2)CC[C@]23C[C@]24CCC2(C)C5CCC([C@H](O)C(C)(C)O)OC5CC2C4CCC13. The number of halogens is 2. The molecule has 9 unspecified atom stereocenters. The summed E-state index contributed by atoms with van der Waals surface area (Å²) in [6.07, 6.45) is 9.96. The number of hydrogen-bond acceptors (Lipinski definition) is 6. The average molecular weight is 686 g/mol. The van der Waals surface area contributed by atoms with Gasteiger partial charge < -0.3 is 29.3 Å². The first kappa shape index (κ1) is 34.4. The lowest BCUT2D eigenvalue weighted by atomic mass is 9.46. The molecule has 2 heterocycles. The van der Waals surface area contributed by atoms with Crippen molar-refractivity contribution in [2.45, 2.75) is 142 Å². The van der Waals surface area contributed by atoms with Gasteiger partial charge in [-0.25, -0.2) is 8.78 Å². The number of aliphatic hydroxyl groups excluding tert-OH is 1. The van der Waals surface area contributed by atoms with Crippen LogP contribution in [0.5, 0.6) is 0 Å². The number of hydrogen-bond donors (Lipinski definition) is 2. The van der Waals surface area contributed by atoms with E-state index in [9.17, 15) is 23.8 Å². The molecule has 9 heteroatoms. The summed E-state index contributed by atoms with van der Waals surface area (Å²) < 4.78 is 47.0. The van der Waals surface area contributed by atoms with Gasteiger partial charge in [-0.1, -0.05) is 20.8 Å². The third-order valence-electron chi connectivity index (χ3n) is 15.6. The van der Waals surface area contributed by atoms with Crippen LogP contribution in [0.4, 0.5) is 8.78 Å². The molecule has 12 atom stereocenters. The molecule has 8 rings (SSSR count). The highest BCUT2D eigenvalue weighted by Gasteiger charge is 2.80. The van der Waals surface area contributed by atoms with Gasteiger partial charge in [-0.05, 0) is 141 Å². The topological polar surface area (TPSA) is 88.5 Å². The summed E-state index contributed by atoms with van der Waals surface area (Å²) in [6.45, 7) is 11.9. The number of nitrogens with zero attached hydrogens (tertiary/aromatic N) is 1. The van der Waals surface area contributed by atoms with E-state index in [4.69, 9.17) is 14.2 Å². The van der Waals surface area contributed by atoms with E-state index in [1.165, 1.54) is 50.7 Å². The summed E-state index contributed by atoms with van der Waals surface area (Å²) >= 11 is 0. The van der Waals surface area contributed by atoms with Crippen LogP contribution in [0, 0.1) is 57.0 Å². The fourth-order valence-corrected chi connectivity index (χ4v) is 13.3. The van der Waals surface area contributed by atoms with E-state index in [-0.39, 0.29) is 41.5 Å². The van der Waals surface area contributed by atoms with Crippen LogP contribution >= 0.6 is 0 Å². The first-order chi connectivity index (χ1) is 23.1. The molecule has 2 saturated heterocycles. The van der Waals surface area contributed by atoms with E-state index in [1.807, 2.05) is 0 Å². The normalized spacial score (nSPS) is 44.6. The van der Waals surface area contributed by atoms with Crippen molar-refractivity contribution < 1.29 is 38.0 Å². The van der Waals surface area contributed by atoms with E-state index in [1.54, 1.807) is 18.7 Å². The molecule has 0 bridgehead atoms. The highest BCUT2D eigenvalue weighted by atomic mass is 19.1. The second-order valence-corrected chi connectivity index (χ2v) is 18.6. The number of benzene rings is 1. The van der Waals surface area contributed by atoms with E-state index < -0.39 is 29.6 Å². The standard InChI is InChI=1S/C40H57F2NO6/c1-36(2)31-9-7-26-28-20-30-27(6-8-29(48-30)35(45)37(3,4)46)38(28,5)12-13-39(26)22-40(31,39)11-10-32(36)49-34-21-43(14-15-47-34)33(44)18-23-16-24(41)19-25(42)17-23/h16-17,19,26-32,34-35,45-46H,6-15,18,20-22H2,1-5H3/t26?,27?,28?,29?,30?,31?,32?,34?,35-,38?,39-,40+/m0/s1. The summed E-state index contributed by atoms with van der Waals surface area (Å²) in [6, 6.07) is 3.26. The van der Waals surface area contributed by atoms with E-state index in [2.05, 4.69) is 20.8 Å². The van der Waals surface area contributed by atoms with Crippen LogP contribution in [0.25, 0.3) is 0 Å². The number of aliphatic hydroxyl groups is 2. The summed E-state index contributed by atoms with van der Waals surface area (Å²) in [5.74, 6) is 0.951. The van der Waals surface area contributed by atoms with Crippen LogP contribution in [0.1, 0.15) is 104 Å². The maximum absolute atomic E-state index is 13.7. The average Bonchev–Trinajstić information content (AvgIpc) is 3.61. The molecule has 7 fully saturated rings. The minimum absolute atomic E-state index is 0.0323. The molecule has 1 aromatic carbocycles. The predicted octanol–water partition coefficient (Wildman–Crippen LogP) is 6.42. The van der Waals surface area contributed by atoms with Gasteiger partial charge in [0.25, 0.3) is 0 Å². The van der Waals surface area contributed by atoms with Crippen molar-refractivity contribution in [1.29, 1.82) is 0 Å². The molecular formula is C40H57F2NO6. The number of morpholine rings is 1. The maximum atomic E-state index is 13.7. The first-order valence-corrected chi connectivity index (χ1v) is 19.1. The molecule has 2 aliphatic heterocycles. The lowest BCUT2D eigenvalue weighted by molar-refractivity contribution is -0.244. The van der Waals surface area contributed by atoms with Gasteiger partial charge in [0.1, 0.15) is 17.7 Å². The Labute approximate surface area is 290 Å². The molecule has 5 saturated carbocycles. The van der Waals surface area contributed by atoms with Crippen molar-refractivity contribution in [3.63, 3.8) is 0 Å². The molecular weight excluding hydrogens is 628 g/mol. The van der Waals surface area contributed by atoms with Crippen molar-refractivity contribution in [2.75, 3.05) is 19.7 Å². The lowest BCUT2D eigenvalue weighted by Gasteiger charge is -2.60. The molecule has 7 nitrogen and oxygen atoms in total. The van der Waals surface area contributed by atoms with Gasteiger partial charge in [-0.3, -0.25) is 4.79 Å². The first-order valence-electron chi connectivity index (χ1n) is 19.1. The number of rotatable bonds is 6. The number of carbonyl (C=O) groups excluding carboxylic acids is 1. The summed E-state index contributed by atoms with van der Waals surface area (Å²) in [5, 5.41) is 21.4. The van der Waals surface area contributed by atoms with E-state index >= 15 is 0 Å². The van der Waals surface area contributed by atoms with Crippen LogP contribution in [0.15, 0.2) is 18.2 Å². The summed E-state index contributed by atoms with van der Waals surface area (Å²) in [7, 11) is 0. The molecule has 0 aromatic heterocycles. The van der Waals surface area contributed by atoms with Crippen LogP contribution in [0.2, 0.25) is 0 Å². The third kappa shape index (κ3) is 5.37. The van der Waals surface area contributed by atoms with Crippen molar-refractivity contribution in [3.8, 4) is 0 Å². The number of fused-ring (bicyclic) bond motifs is 4. The zero-order valence-electron chi connectivity index (χ0n) is 30.1. The maximum Gasteiger partial charge on any atom is 0.227 e. The number of ether oxygens (including phenoxy) is 3. The molecule has 2 N–H and O–H groups in total. The Morgan fingerprint density at radius 3 is 2.47 bits per heavy atom. The minimum atomic E-state index is -1.17. The quantitative estimate of drug-likeness (QED) is 0.360. The van der Waals surface area contributed by atoms with E-state index in [0.717, 1.165) is 37.7 Å². The molecule has 5 aliphatic carbocycles. The Kier molecular flexibility index (Phi) is 8.21.